The van der Waals surface area contributed by atoms with Crippen LogP contribution in [0, 0.1) is 0 Å². The lowest BCUT2D eigenvalue weighted by atomic mass is 10.1. The number of benzene rings is 3. The lowest BCUT2D eigenvalue weighted by Crippen LogP contribution is -2.24. The van der Waals surface area contributed by atoms with E-state index in [4.69, 9.17) is 27.9 Å². The smallest absolute Gasteiger partial charge is 0.262 e. The Kier molecular flexibility index (Phi) is 6.00. The first-order valence-electron chi connectivity index (χ1n) is 9.09. The highest BCUT2D eigenvalue weighted by Crippen LogP contribution is 2.38. The minimum Gasteiger partial charge on any atom is -0.497 e. The van der Waals surface area contributed by atoms with Crippen molar-refractivity contribution in [3.63, 3.8) is 0 Å². The molecule has 0 unspecified atom stereocenters. The van der Waals surface area contributed by atoms with Crippen LogP contribution in [0.1, 0.15) is 11.1 Å². The van der Waals surface area contributed by atoms with Crippen LogP contribution < -0.4 is 9.64 Å². The van der Waals surface area contributed by atoms with Gasteiger partial charge >= 0.3 is 0 Å². The van der Waals surface area contributed by atoms with Crippen molar-refractivity contribution < 1.29 is 9.53 Å². The zero-order chi connectivity index (χ0) is 21.3. The summed E-state index contributed by atoms with van der Waals surface area (Å²) in [6.45, 7) is 0. The van der Waals surface area contributed by atoms with Gasteiger partial charge in [-0.15, -0.1) is 0 Å². The summed E-state index contributed by atoms with van der Waals surface area (Å²) in [7, 11) is 1.62. The number of methoxy groups -OCH3 is 1. The van der Waals surface area contributed by atoms with E-state index in [9.17, 15) is 4.79 Å². The van der Waals surface area contributed by atoms with Crippen molar-refractivity contribution in [1.82, 2.24) is 0 Å². The van der Waals surface area contributed by atoms with E-state index < -0.39 is 0 Å². The molecule has 30 heavy (non-hydrogen) atoms. The Morgan fingerprint density at radius 3 is 2.30 bits per heavy atom. The highest BCUT2D eigenvalue weighted by atomic mass is 79.9. The number of rotatable bonds is 4. The van der Waals surface area contributed by atoms with Crippen molar-refractivity contribution in [2.45, 2.75) is 0 Å². The fourth-order valence-corrected chi connectivity index (χ4v) is 3.76. The molecule has 1 amide bonds. The predicted molar refractivity (Wildman–Crippen MR) is 127 cm³/mol. The molecule has 6 heteroatoms. The largest absolute Gasteiger partial charge is 0.497 e. The molecule has 0 aromatic heterocycles. The minimum atomic E-state index is -0.130. The maximum atomic E-state index is 13.4. The molecule has 0 fully saturated rings. The normalized spacial score (nSPS) is 14.9. The van der Waals surface area contributed by atoms with Gasteiger partial charge in [0.1, 0.15) is 5.75 Å². The number of ether oxygens (including phenoxy) is 1. The molecule has 3 aromatic carbocycles. The van der Waals surface area contributed by atoms with Gasteiger partial charge in [-0.05, 0) is 81.7 Å². The quantitative estimate of drug-likeness (QED) is 0.353. The van der Waals surface area contributed by atoms with Crippen molar-refractivity contribution in [2.75, 3.05) is 12.0 Å². The van der Waals surface area contributed by atoms with Gasteiger partial charge < -0.3 is 4.74 Å². The number of amides is 1. The van der Waals surface area contributed by atoms with Crippen LogP contribution in [0.2, 0.25) is 10.0 Å². The predicted octanol–water partition coefficient (Wildman–Crippen LogP) is 7.24. The molecule has 0 spiro atoms. The highest BCUT2D eigenvalue weighted by molar-refractivity contribution is 9.10. The van der Waals surface area contributed by atoms with E-state index in [1.54, 1.807) is 30.2 Å². The second-order valence-electron chi connectivity index (χ2n) is 6.65. The Bertz CT molecular complexity index is 1170. The van der Waals surface area contributed by atoms with Gasteiger partial charge in [0.15, 0.2) is 0 Å². The number of carbonyl (C=O) groups is 1. The number of halogens is 3. The van der Waals surface area contributed by atoms with E-state index in [0.29, 0.717) is 21.3 Å². The van der Waals surface area contributed by atoms with Gasteiger partial charge in [0.2, 0.25) is 0 Å². The summed E-state index contributed by atoms with van der Waals surface area (Å²) in [5.74, 6) is 0.632. The molecule has 3 aromatic rings. The van der Waals surface area contributed by atoms with Crippen LogP contribution in [0.4, 0.5) is 5.69 Å². The summed E-state index contributed by atoms with van der Waals surface area (Å²) in [4.78, 5) is 15.0. The van der Waals surface area contributed by atoms with Gasteiger partial charge in [-0.1, -0.05) is 47.5 Å². The van der Waals surface area contributed by atoms with Crippen LogP contribution in [0.5, 0.6) is 5.75 Å². The molecule has 0 aliphatic carbocycles. The molecule has 0 atom stereocenters. The van der Waals surface area contributed by atoms with Crippen molar-refractivity contribution in [3.8, 4) is 5.75 Å². The first kappa shape index (κ1) is 20.7. The molecule has 0 saturated carbocycles. The average molecular weight is 501 g/mol. The molecule has 1 aliphatic rings. The SMILES string of the molecule is COc1ccc(/C=C2/C=C(c3ccc(Cl)cc3)N(c3ccc(Br)c(Cl)c3)C2=O)cc1. The third kappa shape index (κ3) is 4.17. The number of anilines is 1. The molecule has 1 heterocycles. The van der Waals surface area contributed by atoms with Crippen molar-refractivity contribution in [1.29, 1.82) is 0 Å². The van der Waals surface area contributed by atoms with Crippen molar-refractivity contribution in [2.24, 2.45) is 0 Å². The first-order chi connectivity index (χ1) is 14.5. The van der Waals surface area contributed by atoms with Crippen LogP contribution in [0.25, 0.3) is 11.8 Å². The average Bonchev–Trinajstić information content (AvgIpc) is 3.07. The fraction of sp³-hybridized carbons (Fsp3) is 0.0417. The Morgan fingerprint density at radius 2 is 1.67 bits per heavy atom. The molecule has 150 valence electrons. The summed E-state index contributed by atoms with van der Waals surface area (Å²) < 4.78 is 5.97. The second-order valence-corrected chi connectivity index (χ2v) is 8.35. The van der Waals surface area contributed by atoms with E-state index >= 15 is 0 Å². The van der Waals surface area contributed by atoms with Gasteiger partial charge in [-0.2, -0.15) is 0 Å². The molecule has 0 radical (unpaired) electrons. The van der Waals surface area contributed by atoms with E-state index in [1.165, 1.54) is 0 Å². The second kappa shape index (κ2) is 8.68. The van der Waals surface area contributed by atoms with E-state index in [2.05, 4.69) is 15.9 Å². The lowest BCUT2D eigenvalue weighted by molar-refractivity contribution is -0.113. The number of nitrogens with zero attached hydrogens (tertiary/aromatic N) is 1. The Morgan fingerprint density at radius 1 is 0.967 bits per heavy atom. The summed E-state index contributed by atoms with van der Waals surface area (Å²) in [6.07, 6.45) is 3.74. The third-order valence-electron chi connectivity index (χ3n) is 4.72. The Balaban J connectivity index is 1.80. The summed E-state index contributed by atoms with van der Waals surface area (Å²) >= 11 is 15.8. The van der Waals surface area contributed by atoms with Gasteiger partial charge in [0.05, 0.1) is 23.5 Å². The molecular weight excluding hydrogens is 485 g/mol. The van der Waals surface area contributed by atoms with Crippen LogP contribution in [-0.2, 0) is 4.79 Å². The van der Waals surface area contributed by atoms with Gasteiger partial charge in [-0.25, -0.2) is 0 Å². The highest BCUT2D eigenvalue weighted by Gasteiger charge is 2.30. The fourth-order valence-electron chi connectivity index (χ4n) is 3.21. The maximum Gasteiger partial charge on any atom is 0.262 e. The first-order valence-corrected chi connectivity index (χ1v) is 10.6. The molecular formula is C24H16BrCl2NO2. The molecule has 0 bridgehead atoms. The number of carbonyl (C=O) groups excluding carboxylic acids is 1. The minimum absolute atomic E-state index is 0.130. The standard InChI is InChI=1S/C24H16BrCl2NO2/c1-30-20-9-2-15(3-10-20)12-17-13-23(16-4-6-18(26)7-5-16)28(24(17)29)19-8-11-21(25)22(27)14-19/h2-14H,1H3/b17-12-. The maximum absolute atomic E-state index is 13.4. The lowest BCUT2D eigenvalue weighted by Gasteiger charge is -2.21. The van der Waals surface area contributed by atoms with Crippen molar-refractivity contribution >= 4 is 62.5 Å². The summed E-state index contributed by atoms with van der Waals surface area (Å²) in [5, 5.41) is 1.17. The van der Waals surface area contributed by atoms with Crippen LogP contribution >= 0.6 is 39.1 Å². The molecule has 3 nitrogen and oxygen atoms in total. The van der Waals surface area contributed by atoms with Crippen LogP contribution in [-0.4, -0.2) is 13.0 Å². The molecule has 0 N–H and O–H groups in total. The van der Waals surface area contributed by atoms with Crippen LogP contribution in [0.3, 0.4) is 0 Å². The van der Waals surface area contributed by atoms with Gasteiger partial charge in [-0.3, -0.25) is 9.69 Å². The topological polar surface area (TPSA) is 29.5 Å². The zero-order valence-corrected chi connectivity index (χ0v) is 19.0. The number of hydrogen-bond donors (Lipinski definition) is 0. The third-order valence-corrected chi connectivity index (χ3v) is 6.21. The monoisotopic (exact) mass is 499 g/mol. The van der Waals surface area contributed by atoms with Crippen molar-refractivity contribution in [3.05, 3.63) is 104 Å². The Hall–Kier alpha value is -2.53. The Labute approximate surface area is 193 Å². The number of hydrogen-bond acceptors (Lipinski definition) is 2. The van der Waals surface area contributed by atoms with Gasteiger partial charge in [0, 0.05) is 15.1 Å². The van der Waals surface area contributed by atoms with E-state index in [1.807, 2.05) is 60.7 Å². The summed E-state index contributed by atoms with van der Waals surface area (Å²) in [5.41, 5.74) is 3.80. The van der Waals surface area contributed by atoms with Crippen LogP contribution in [0.15, 0.2) is 82.9 Å². The van der Waals surface area contributed by atoms with Gasteiger partial charge in [0.25, 0.3) is 5.91 Å². The molecule has 4 rings (SSSR count). The van der Waals surface area contributed by atoms with E-state index in [-0.39, 0.29) is 5.91 Å². The van der Waals surface area contributed by atoms with E-state index in [0.717, 1.165) is 27.0 Å². The summed E-state index contributed by atoms with van der Waals surface area (Å²) in [6, 6.07) is 20.4. The zero-order valence-electron chi connectivity index (χ0n) is 15.9. The molecule has 0 saturated heterocycles. The molecule has 1 aliphatic heterocycles.